The lowest BCUT2D eigenvalue weighted by Crippen LogP contribution is -2.29. The van der Waals surface area contributed by atoms with E-state index >= 15 is 0 Å². The van der Waals surface area contributed by atoms with Crippen LogP contribution >= 0.6 is 0 Å². The average molecular weight is 218 g/mol. The minimum absolute atomic E-state index is 0.177. The Labute approximate surface area is 95.0 Å². The molecule has 1 amide bonds. The molecule has 16 heavy (non-hydrogen) atoms. The summed E-state index contributed by atoms with van der Waals surface area (Å²) in [6, 6.07) is 8.93. The van der Waals surface area contributed by atoms with Crippen LogP contribution in [0.5, 0.6) is 0 Å². The van der Waals surface area contributed by atoms with Crippen molar-refractivity contribution in [2.45, 2.75) is 20.0 Å². The molecular weight excluding hydrogens is 204 g/mol. The van der Waals surface area contributed by atoms with E-state index < -0.39 is 6.09 Å². The highest BCUT2D eigenvalue weighted by Crippen LogP contribution is 2.18. The van der Waals surface area contributed by atoms with Crippen LogP contribution in [0.15, 0.2) is 24.3 Å². The van der Waals surface area contributed by atoms with Gasteiger partial charge in [-0.2, -0.15) is 5.26 Å². The number of carbonyl (C=O) groups excluding carboxylic acids is 1. The first kappa shape index (κ1) is 12.1. The van der Waals surface area contributed by atoms with E-state index in [9.17, 15) is 4.79 Å². The number of amides is 1. The van der Waals surface area contributed by atoms with Gasteiger partial charge in [-0.05, 0) is 26.0 Å². The maximum absolute atomic E-state index is 11.6. The Kier molecular flexibility index (Phi) is 3.90. The van der Waals surface area contributed by atoms with Gasteiger partial charge in [0.1, 0.15) is 6.07 Å². The second-order valence-electron chi connectivity index (χ2n) is 3.62. The van der Waals surface area contributed by atoms with Crippen molar-refractivity contribution in [3.63, 3.8) is 0 Å². The van der Waals surface area contributed by atoms with Gasteiger partial charge in [-0.25, -0.2) is 4.79 Å². The van der Waals surface area contributed by atoms with Gasteiger partial charge in [0.25, 0.3) is 0 Å². The van der Waals surface area contributed by atoms with Crippen LogP contribution in [0.4, 0.5) is 10.5 Å². The number of anilines is 1. The summed E-state index contributed by atoms with van der Waals surface area (Å²) < 4.78 is 5.04. The standard InChI is InChI=1S/C12H14N2O2/c1-9(2)16-12(15)14(3)11-7-5-4-6-10(11)8-13/h4-7,9H,1-3H3. The molecular formula is C12H14N2O2. The molecule has 0 N–H and O–H groups in total. The molecule has 0 unspecified atom stereocenters. The third-order valence-corrected chi connectivity index (χ3v) is 2.00. The highest BCUT2D eigenvalue weighted by molar-refractivity contribution is 5.88. The maximum Gasteiger partial charge on any atom is 0.414 e. The van der Waals surface area contributed by atoms with Gasteiger partial charge in [0.2, 0.25) is 0 Å². The molecule has 0 aliphatic carbocycles. The Bertz CT molecular complexity index is 421. The molecule has 0 aliphatic heterocycles. The normalized spacial score (nSPS) is 9.69. The molecule has 1 aromatic carbocycles. The molecule has 0 aliphatic rings. The molecule has 0 saturated heterocycles. The van der Waals surface area contributed by atoms with Crippen LogP contribution in [-0.2, 0) is 4.74 Å². The first-order valence-electron chi connectivity index (χ1n) is 4.99. The molecule has 0 atom stereocenters. The predicted molar refractivity (Wildman–Crippen MR) is 61.2 cm³/mol. The molecule has 0 saturated carbocycles. The van der Waals surface area contributed by atoms with E-state index in [1.165, 1.54) is 4.90 Å². The second kappa shape index (κ2) is 5.17. The van der Waals surface area contributed by atoms with Crippen LogP contribution in [0.2, 0.25) is 0 Å². The largest absolute Gasteiger partial charge is 0.446 e. The summed E-state index contributed by atoms with van der Waals surface area (Å²) in [6.45, 7) is 3.56. The topological polar surface area (TPSA) is 53.3 Å². The average Bonchev–Trinajstić information content (AvgIpc) is 2.27. The summed E-state index contributed by atoms with van der Waals surface area (Å²) >= 11 is 0. The Morgan fingerprint density at radius 2 is 2.06 bits per heavy atom. The van der Waals surface area contributed by atoms with Crippen molar-refractivity contribution in [3.8, 4) is 6.07 Å². The number of hydrogen-bond donors (Lipinski definition) is 0. The maximum atomic E-state index is 11.6. The van der Waals surface area contributed by atoms with E-state index in [0.717, 1.165) is 0 Å². The minimum Gasteiger partial charge on any atom is -0.446 e. The summed E-state index contributed by atoms with van der Waals surface area (Å²) in [5.41, 5.74) is 1.00. The SMILES string of the molecule is CC(C)OC(=O)N(C)c1ccccc1C#N. The molecule has 84 valence electrons. The fourth-order valence-electron chi connectivity index (χ4n) is 1.24. The van der Waals surface area contributed by atoms with Crippen molar-refractivity contribution in [2.24, 2.45) is 0 Å². The smallest absolute Gasteiger partial charge is 0.414 e. The molecule has 0 spiro atoms. The van der Waals surface area contributed by atoms with Crippen LogP contribution in [0.25, 0.3) is 0 Å². The fourth-order valence-corrected chi connectivity index (χ4v) is 1.24. The van der Waals surface area contributed by atoms with Crippen molar-refractivity contribution in [1.29, 1.82) is 5.26 Å². The van der Waals surface area contributed by atoms with Gasteiger partial charge in [0.15, 0.2) is 0 Å². The number of nitrogens with zero attached hydrogens (tertiary/aromatic N) is 2. The van der Waals surface area contributed by atoms with E-state index in [4.69, 9.17) is 10.00 Å². The van der Waals surface area contributed by atoms with Crippen molar-refractivity contribution in [3.05, 3.63) is 29.8 Å². The first-order valence-corrected chi connectivity index (χ1v) is 4.99. The molecule has 0 fully saturated rings. The van der Waals surface area contributed by atoms with E-state index in [-0.39, 0.29) is 6.10 Å². The number of para-hydroxylation sites is 1. The number of hydrogen-bond acceptors (Lipinski definition) is 3. The zero-order valence-corrected chi connectivity index (χ0v) is 9.60. The molecule has 0 aromatic heterocycles. The zero-order chi connectivity index (χ0) is 12.1. The number of carbonyl (C=O) groups is 1. The highest BCUT2D eigenvalue weighted by Gasteiger charge is 2.16. The summed E-state index contributed by atoms with van der Waals surface area (Å²) in [4.78, 5) is 12.9. The quantitative estimate of drug-likeness (QED) is 0.766. The van der Waals surface area contributed by atoms with Crippen LogP contribution in [-0.4, -0.2) is 19.2 Å². The molecule has 4 nitrogen and oxygen atoms in total. The van der Waals surface area contributed by atoms with Gasteiger partial charge in [0, 0.05) is 7.05 Å². The van der Waals surface area contributed by atoms with Gasteiger partial charge < -0.3 is 4.74 Å². The van der Waals surface area contributed by atoms with Crippen LogP contribution in [0, 0.1) is 11.3 Å². The van der Waals surface area contributed by atoms with E-state index in [1.54, 1.807) is 45.2 Å². The summed E-state index contributed by atoms with van der Waals surface area (Å²) in [5, 5.41) is 8.90. The Hall–Kier alpha value is -2.02. The van der Waals surface area contributed by atoms with Gasteiger partial charge in [-0.1, -0.05) is 12.1 Å². The van der Waals surface area contributed by atoms with E-state index in [2.05, 4.69) is 0 Å². The predicted octanol–water partition coefficient (Wildman–Crippen LogP) is 2.54. The first-order chi connectivity index (χ1) is 7.56. The monoisotopic (exact) mass is 218 g/mol. The van der Waals surface area contributed by atoms with Crippen LogP contribution < -0.4 is 4.90 Å². The molecule has 0 radical (unpaired) electrons. The van der Waals surface area contributed by atoms with Crippen LogP contribution in [0.1, 0.15) is 19.4 Å². The van der Waals surface area contributed by atoms with Crippen LogP contribution in [0.3, 0.4) is 0 Å². The fraction of sp³-hybridized carbons (Fsp3) is 0.333. The van der Waals surface area contributed by atoms with Gasteiger partial charge in [-0.15, -0.1) is 0 Å². The van der Waals surface area contributed by atoms with Gasteiger partial charge in [-0.3, -0.25) is 4.90 Å². The van der Waals surface area contributed by atoms with E-state index in [0.29, 0.717) is 11.3 Å². The lowest BCUT2D eigenvalue weighted by molar-refractivity contribution is 0.124. The number of ether oxygens (including phenoxy) is 1. The zero-order valence-electron chi connectivity index (χ0n) is 9.60. The van der Waals surface area contributed by atoms with E-state index in [1.807, 2.05) is 6.07 Å². The molecule has 1 aromatic rings. The Morgan fingerprint density at radius 3 is 2.62 bits per heavy atom. The van der Waals surface area contributed by atoms with Gasteiger partial charge >= 0.3 is 6.09 Å². The lowest BCUT2D eigenvalue weighted by atomic mass is 10.2. The molecule has 0 bridgehead atoms. The third kappa shape index (κ3) is 2.74. The highest BCUT2D eigenvalue weighted by atomic mass is 16.6. The second-order valence-corrected chi connectivity index (χ2v) is 3.62. The number of rotatable bonds is 2. The van der Waals surface area contributed by atoms with Crippen molar-refractivity contribution in [2.75, 3.05) is 11.9 Å². The molecule has 4 heteroatoms. The number of benzene rings is 1. The third-order valence-electron chi connectivity index (χ3n) is 2.00. The molecule has 1 rings (SSSR count). The summed E-state index contributed by atoms with van der Waals surface area (Å²) in [7, 11) is 1.58. The number of nitriles is 1. The lowest BCUT2D eigenvalue weighted by Gasteiger charge is -2.19. The van der Waals surface area contributed by atoms with Gasteiger partial charge in [0.05, 0.1) is 17.4 Å². The van der Waals surface area contributed by atoms with Crippen molar-refractivity contribution >= 4 is 11.8 Å². The Balaban J connectivity index is 2.92. The minimum atomic E-state index is -0.460. The Morgan fingerprint density at radius 1 is 1.44 bits per heavy atom. The van der Waals surface area contributed by atoms with Crippen molar-refractivity contribution < 1.29 is 9.53 Å². The van der Waals surface area contributed by atoms with Crippen molar-refractivity contribution in [1.82, 2.24) is 0 Å². The summed E-state index contributed by atoms with van der Waals surface area (Å²) in [6.07, 6.45) is -0.637. The summed E-state index contributed by atoms with van der Waals surface area (Å²) in [5.74, 6) is 0. The molecule has 0 heterocycles.